The van der Waals surface area contributed by atoms with E-state index in [1.165, 1.54) is 19.3 Å². The molecule has 0 aromatic rings. The lowest BCUT2D eigenvalue weighted by molar-refractivity contribution is 0.0287. The van der Waals surface area contributed by atoms with Gasteiger partial charge < -0.3 is 15.0 Å². The lowest BCUT2D eigenvalue weighted by Gasteiger charge is -2.36. The minimum atomic E-state index is 0.613. The lowest BCUT2D eigenvalue weighted by atomic mass is 10.0. The topological polar surface area (TPSA) is 24.5 Å². The molecule has 1 rings (SSSR count). The number of hydrogen-bond donors (Lipinski definition) is 1. The second-order valence-electron chi connectivity index (χ2n) is 5.05. The Bertz CT molecular complexity index is 181. The number of hydrogen-bond acceptors (Lipinski definition) is 3. The first-order chi connectivity index (χ1) is 7.65. The van der Waals surface area contributed by atoms with Crippen molar-refractivity contribution in [3.8, 4) is 0 Å². The molecule has 1 aliphatic heterocycles. The Morgan fingerprint density at radius 1 is 1.31 bits per heavy atom. The van der Waals surface area contributed by atoms with Crippen molar-refractivity contribution in [2.24, 2.45) is 0 Å². The van der Waals surface area contributed by atoms with Crippen LogP contribution >= 0.6 is 0 Å². The monoisotopic (exact) mass is 228 g/mol. The van der Waals surface area contributed by atoms with Gasteiger partial charge in [-0.15, -0.1) is 0 Å². The second-order valence-corrected chi connectivity index (χ2v) is 5.05. The highest BCUT2D eigenvalue weighted by molar-refractivity contribution is 4.78. The first kappa shape index (κ1) is 13.9. The molecule has 0 aromatic carbocycles. The standard InChI is InChI=1S/C13H28N2O/c1-5-14-11(2)10-12(3)15(4)13-6-8-16-9-7-13/h11-14H,5-10H2,1-4H3. The maximum Gasteiger partial charge on any atom is 0.0480 e. The van der Waals surface area contributed by atoms with E-state index in [0.717, 1.165) is 25.8 Å². The summed E-state index contributed by atoms with van der Waals surface area (Å²) in [5, 5.41) is 3.48. The van der Waals surface area contributed by atoms with E-state index in [1.54, 1.807) is 0 Å². The van der Waals surface area contributed by atoms with Gasteiger partial charge in [0.25, 0.3) is 0 Å². The van der Waals surface area contributed by atoms with Crippen molar-refractivity contribution in [1.82, 2.24) is 10.2 Å². The SMILES string of the molecule is CCNC(C)CC(C)N(C)C1CCOCC1. The molecule has 0 aliphatic carbocycles. The third kappa shape index (κ3) is 4.40. The quantitative estimate of drug-likeness (QED) is 0.751. The van der Waals surface area contributed by atoms with Crippen LogP contribution in [0.2, 0.25) is 0 Å². The van der Waals surface area contributed by atoms with E-state index in [0.29, 0.717) is 12.1 Å². The van der Waals surface area contributed by atoms with Crippen LogP contribution in [0.4, 0.5) is 0 Å². The smallest absolute Gasteiger partial charge is 0.0480 e. The summed E-state index contributed by atoms with van der Waals surface area (Å²) in [4.78, 5) is 2.54. The fourth-order valence-electron chi connectivity index (χ4n) is 2.56. The van der Waals surface area contributed by atoms with Gasteiger partial charge in [-0.05, 0) is 46.7 Å². The average molecular weight is 228 g/mol. The Kier molecular flexibility index (Phi) is 6.32. The summed E-state index contributed by atoms with van der Waals surface area (Å²) in [6, 6.07) is 1.98. The molecule has 3 nitrogen and oxygen atoms in total. The molecule has 3 heteroatoms. The van der Waals surface area contributed by atoms with E-state index in [1.807, 2.05) is 0 Å². The van der Waals surface area contributed by atoms with Gasteiger partial charge in [0, 0.05) is 31.3 Å². The lowest BCUT2D eigenvalue weighted by Crippen LogP contribution is -2.44. The molecule has 16 heavy (non-hydrogen) atoms. The molecule has 0 amide bonds. The Hall–Kier alpha value is -0.120. The minimum Gasteiger partial charge on any atom is -0.381 e. The van der Waals surface area contributed by atoms with Crippen LogP contribution in [0.1, 0.15) is 40.0 Å². The van der Waals surface area contributed by atoms with Crippen molar-refractivity contribution in [2.75, 3.05) is 26.8 Å². The highest BCUT2D eigenvalue weighted by atomic mass is 16.5. The van der Waals surface area contributed by atoms with E-state index in [9.17, 15) is 0 Å². The van der Waals surface area contributed by atoms with Crippen molar-refractivity contribution in [2.45, 2.75) is 58.2 Å². The Morgan fingerprint density at radius 3 is 2.50 bits per heavy atom. The molecule has 1 saturated heterocycles. The van der Waals surface area contributed by atoms with Crippen LogP contribution in [-0.2, 0) is 4.74 Å². The van der Waals surface area contributed by atoms with Crippen LogP contribution in [0.15, 0.2) is 0 Å². The first-order valence-electron chi connectivity index (χ1n) is 6.68. The van der Waals surface area contributed by atoms with Crippen molar-refractivity contribution in [1.29, 1.82) is 0 Å². The Morgan fingerprint density at radius 2 is 1.94 bits per heavy atom. The van der Waals surface area contributed by atoms with Gasteiger partial charge in [0.1, 0.15) is 0 Å². The van der Waals surface area contributed by atoms with Crippen LogP contribution in [0.3, 0.4) is 0 Å². The van der Waals surface area contributed by atoms with E-state index < -0.39 is 0 Å². The summed E-state index contributed by atoms with van der Waals surface area (Å²) < 4.78 is 5.41. The molecule has 96 valence electrons. The fourth-order valence-corrected chi connectivity index (χ4v) is 2.56. The van der Waals surface area contributed by atoms with Crippen LogP contribution in [0, 0.1) is 0 Å². The van der Waals surface area contributed by atoms with E-state index >= 15 is 0 Å². The number of nitrogens with zero attached hydrogens (tertiary/aromatic N) is 1. The summed E-state index contributed by atoms with van der Waals surface area (Å²) in [6.45, 7) is 9.72. The number of rotatable bonds is 6. The summed E-state index contributed by atoms with van der Waals surface area (Å²) >= 11 is 0. The van der Waals surface area contributed by atoms with Crippen LogP contribution in [-0.4, -0.2) is 49.8 Å². The Balaban J connectivity index is 2.30. The minimum absolute atomic E-state index is 0.613. The van der Waals surface area contributed by atoms with E-state index in [2.05, 4.69) is 38.0 Å². The zero-order valence-corrected chi connectivity index (χ0v) is 11.3. The second kappa shape index (κ2) is 7.25. The molecule has 2 unspecified atom stereocenters. The largest absolute Gasteiger partial charge is 0.381 e. The maximum atomic E-state index is 5.41. The van der Waals surface area contributed by atoms with Gasteiger partial charge >= 0.3 is 0 Å². The highest BCUT2D eigenvalue weighted by Crippen LogP contribution is 2.17. The molecule has 1 fully saturated rings. The van der Waals surface area contributed by atoms with Crippen LogP contribution in [0.5, 0.6) is 0 Å². The molecule has 1 N–H and O–H groups in total. The summed E-state index contributed by atoms with van der Waals surface area (Å²) in [5.41, 5.74) is 0. The third-order valence-electron chi connectivity index (χ3n) is 3.71. The molecule has 0 aromatic heterocycles. The highest BCUT2D eigenvalue weighted by Gasteiger charge is 2.22. The van der Waals surface area contributed by atoms with Crippen molar-refractivity contribution < 1.29 is 4.74 Å². The van der Waals surface area contributed by atoms with Crippen molar-refractivity contribution in [3.05, 3.63) is 0 Å². The predicted octanol–water partition coefficient (Wildman–Crippen LogP) is 1.87. The molecule has 0 saturated carbocycles. The Labute approximate surface area is 101 Å². The third-order valence-corrected chi connectivity index (χ3v) is 3.71. The van der Waals surface area contributed by atoms with Gasteiger partial charge in [0.2, 0.25) is 0 Å². The molecule has 0 radical (unpaired) electrons. The van der Waals surface area contributed by atoms with E-state index in [4.69, 9.17) is 4.74 Å². The van der Waals surface area contributed by atoms with Gasteiger partial charge in [0.15, 0.2) is 0 Å². The van der Waals surface area contributed by atoms with Crippen molar-refractivity contribution in [3.63, 3.8) is 0 Å². The van der Waals surface area contributed by atoms with Crippen LogP contribution in [0.25, 0.3) is 0 Å². The van der Waals surface area contributed by atoms with Gasteiger partial charge in [-0.25, -0.2) is 0 Å². The number of ether oxygens (including phenoxy) is 1. The molecular formula is C13H28N2O. The zero-order valence-electron chi connectivity index (χ0n) is 11.3. The summed E-state index contributed by atoms with van der Waals surface area (Å²) in [5.74, 6) is 0. The molecule has 1 heterocycles. The van der Waals surface area contributed by atoms with Gasteiger partial charge in [-0.1, -0.05) is 6.92 Å². The average Bonchev–Trinajstić information content (AvgIpc) is 2.29. The molecule has 2 atom stereocenters. The van der Waals surface area contributed by atoms with E-state index in [-0.39, 0.29) is 0 Å². The zero-order chi connectivity index (χ0) is 12.0. The van der Waals surface area contributed by atoms with Gasteiger partial charge in [0.05, 0.1) is 0 Å². The van der Waals surface area contributed by atoms with Crippen molar-refractivity contribution >= 4 is 0 Å². The molecular weight excluding hydrogens is 200 g/mol. The maximum absolute atomic E-state index is 5.41. The fraction of sp³-hybridized carbons (Fsp3) is 1.00. The molecule has 0 spiro atoms. The predicted molar refractivity (Wildman–Crippen MR) is 68.8 cm³/mol. The normalized spacial score (nSPS) is 22.3. The van der Waals surface area contributed by atoms with Gasteiger partial charge in [-0.2, -0.15) is 0 Å². The molecule has 0 bridgehead atoms. The molecule has 1 aliphatic rings. The summed E-state index contributed by atoms with van der Waals surface area (Å²) in [6.07, 6.45) is 3.61. The number of nitrogens with one attached hydrogen (secondary N) is 1. The summed E-state index contributed by atoms with van der Waals surface area (Å²) in [7, 11) is 2.26. The van der Waals surface area contributed by atoms with Gasteiger partial charge in [-0.3, -0.25) is 0 Å². The van der Waals surface area contributed by atoms with Crippen LogP contribution < -0.4 is 5.32 Å². The first-order valence-corrected chi connectivity index (χ1v) is 6.68.